The Morgan fingerprint density at radius 1 is 1.00 bits per heavy atom. The van der Waals surface area contributed by atoms with E-state index < -0.39 is 5.41 Å². The van der Waals surface area contributed by atoms with Gasteiger partial charge in [-0.3, -0.25) is 14.4 Å². The number of rotatable bonds is 4. The zero-order valence-electron chi connectivity index (χ0n) is 19.4. The van der Waals surface area contributed by atoms with E-state index in [0.29, 0.717) is 17.8 Å². The number of amides is 2. The number of hydrogen-bond acceptors (Lipinski definition) is 3. The van der Waals surface area contributed by atoms with Crippen LogP contribution in [0.5, 0.6) is 0 Å². The van der Waals surface area contributed by atoms with Crippen LogP contribution in [-0.4, -0.2) is 41.3 Å². The Morgan fingerprint density at radius 3 is 2.35 bits per heavy atom. The molecule has 0 radical (unpaired) electrons. The Bertz CT molecular complexity index is 860. The molecule has 1 heterocycles. The van der Waals surface area contributed by atoms with Gasteiger partial charge < -0.3 is 4.90 Å². The molecular weight excluding hydrogens is 388 g/mol. The van der Waals surface area contributed by atoms with Crippen LogP contribution in [0.15, 0.2) is 29.3 Å². The van der Waals surface area contributed by atoms with Crippen LogP contribution in [0.2, 0.25) is 0 Å². The summed E-state index contributed by atoms with van der Waals surface area (Å²) >= 11 is 0. The van der Waals surface area contributed by atoms with Gasteiger partial charge in [0, 0.05) is 42.8 Å². The van der Waals surface area contributed by atoms with E-state index in [1.54, 1.807) is 6.07 Å². The molecule has 1 saturated heterocycles. The second-order valence-corrected chi connectivity index (χ2v) is 10.2. The fraction of sp³-hybridized carbons (Fsp3) is 0.615. The molecule has 0 unspecified atom stereocenters. The van der Waals surface area contributed by atoms with Crippen molar-refractivity contribution in [1.29, 1.82) is 0 Å². The van der Waals surface area contributed by atoms with Crippen molar-refractivity contribution in [2.75, 3.05) is 13.1 Å². The Kier molecular flexibility index (Phi) is 7.45. The summed E-state index contributed by atoms with van der Waals surface area (Å²) in [5.41, 5.74) is 1.63. The van der Waals surface area contributed by atoms with Crippen molar-refractivity contribution >= 4 is 23.3 Å². The van der Waals surface area contributed by atoms with E-state index in [2.05, 4.69) is 4.99 Å². The molecule has 1 saturated carbocycles. The first kappa shape index (κ1) is 23.4. The first-order valence-electron chi connectivity index (χ1n) is 11.7. The van der Waals surface area contributed by atoms with Crippen LogP contribution < -0.4 is 0 Å². The molecule has 1 aromatic rings. The number of benzene rings is 1. The molecule has 1 aromatic carbocycles. The van der Waals surface area contributed by atoms with E-state index >= 15 is 0 Å². The lowest BCUT2D eigenvalue weighted by Gasteiger charge is -2.36. The molecular formula is C26H36N2O3. The van der Waals surface area contributed by atoms with Gasteiger partial charge in [0.25, 0.3) is 5.91 Å². The second kappa shape index (κ2) is 9.88. The molecule has 0 aromatic heterocycles. The summed E-state index contributed by atoms with van der Waals surface area (Å²) in [4.78, 5) is 44.1. The molecule has 0 N–H and O–H groups in total. The average Bonchev–Trinajstić information content (AvgIpc) is 2.76. The fourth-order valence-electron chi connectivity index (χ4n) is 4.84. The number of aliphatic imine (C=N–C) groups is 1. The van der Waals surface area contributed by atoms with Crippen molar-refractivity contribution in [2.45, 2.75) is 78.6 Å². The summed E-state index contributed by atoms with van der Waals surface area (Å²) in [6.45, 7) is 8.84. The third kappa shape index (κ3) is 5.90. The molecule has 5 nitrogen and oxygen atoms in total. The standard InChI is InChI=1S/C26H36N2O3/c1-18(29)23(19-10-6-5-7-11-19)27-24(30)21-13-8-12-20(16-21)22-14-9-15-28(17-22)25(31)26(2,3)4/h8,12-13,16,19,22H,5-7,9-11,14-15,17H2,1-4H3/t22-/m1/s1. The monoisotopic (exact) mass is 424 g/mol. The lowest BCUT2D eigenvalue weighted by Crippen LogP contribution is -2.44. The van der Waals surface area contributed by atoms with Gasteiger partial charge >= 0.3 is 0 Å². The minimum Gasteiger partial charge on any atom is -0.342 e. The molecule has 168 valence electrons. The lowest BCUT2D eigenvalue weighted by atomic mass is 9.84. The highest BCUT2D eigenvalue weighted by Crippen LogP contribution is 2.30. The molecule has 2 fully saturated rings. The van der Waals surface area contributed by atoms with Crippen LogP contribution in [0.1, 0.15) is 94.5 Å². The summed E-state index contributed by atoms with van der Waals surface area (Å²) in [6, 6.07) is 7.59. The predicted molar refractivity (Wildman–Crippen MR) is 123 cm³/mol. The molecule has 0 bridgehead atoms. The maximum absolute atomic E-state index is 12.9. The number of carbonyl (C=O) groups is 3. The molecule has 1 aliphatic heterocycles. The van der Waals surface area contributed by atoms with E-state index in [1.807, 2.05) is 43.9 Å². The largest absolute Gasteiger partial charge is 0.342 e. The molecule has 5 heteroatoms. The third-order valence-corrected chi connectivity index (χ3v) is 6.53. The topological polar surface area (TPSA) is 66.8 Å². The van der Waals surface area contributed by atoms with Crippen molar-refractivity contribution < 1.29 is 14.4 Å². The van der Waals surface area contributed by atoms with Crippen molar-refractivity contribution in [3.63, 3.8) is 0 Å². The number of Topliss-reactive ketones (excluding diaryl/α,β-unsaturated/α-hetero) is 1. The van der Waals surface area contributed by atoms with Crippen LogP contribution in [0.4, 0.5) is 0 Å². The van der Waals surface area contributed by atoms with Crippen LogP contribution in [0.3, 0.4) is 0 Å². The quantitative estimate of drug-likeness (QED) is 0.625. The lowest BCUT2D eigenvalue weighted by molar-refractivity contribution is -0.140. The van der Waals surface area contributed by atoms with Crippen molar-refractivity contribution in [3.05, 3.63) is 35.4 Å². The summed E-state index contributed by atoms with van der Waals surface area (Å²) in [6.07, 6.45) is 7.19. The van der Waals surface area contributed by atoms with E-state index in [9.17, 15) is 14.4 Å². The highest BCUT2D eigenvalue weighted by Gasteiger charge is 2.31. The first-order valence-corrected chi connectivity index (χ1v) is 11.7. The summed E-state index contributed by atoms with van der Waals surface area (Å²) in [5.74, 6) is 0.0554. The number of ketones is 1. The third-order valence-electron chi connectivity index (χ3n) is 6.53. The number of nitrogens with zero attached hydrogens (tertiary/aromatic N) is 2. The molecule has 0 spiro atoms. The minimum absolute atomic E-state index is 0.0972. The van der Waals surface area contributed by atoms with Gasteiger partial charge in [-0.05, 0) is 43.4 Å². The van der Waals surface area contributed by atoms with Gasteiger partial charge in [0.15, 0.2) is 5.78 Å². The van der Waals surface area contributed by atoms with Gasteiger partial charge in [0.1, 0.15) is 0 Å². The Balaban J connectivity index is 1.78. The van der Waals surface area contributed by atoms with Crippen LogP contribution in [-0.2, 0) is 9.59 Å². The maximum Gasteiger partial charge on any atom is 0.277 e. The van der Waals surface area contributed by atoms with Crippen LogP contribution in [0.25, 0.3) is 0 Å². The number of piperidine rings is 1. The summed E-state index contributed by atoms with van der Waals surface area (Å²) in [7, 11) is 0. The van der Waals surface area contributed by atoms with Crippen LogP contribution in [0, 0.1) is 11.3 Å². The van der Waals surface area contributed by atoms with Crippen molar-refractivity contribution in [3.8, 4) is 0 Å². The zero-order chi connectivity index (χ0) is 22.6. The summed E-state index contributed by atoms with van der Waals surface area (Å²) < 4.78 is 0. The smallest absolute Gasteiger partial charge is 0.277 e. The van der Waals surface area contributed by atoms with E-state index in [4.69, 9.17) is 0 Å². The van der Waals surface area contributed by atoms with Crippen molar-refractivity contribution in [2.24, 2.45) is 16.3 Å². The molecule has 3 rings (SSSR count). The first-order chi connectivity index (χ1) is 14.7. The predicted octanol–water partition coefficient (Wildman–Crippen LogP) is 5.19. The van der Waals surface area contributed by atoms with Gasteiger partial charge in [-0.25, -0.2) is 4.99 Å². The number of carbonyl (C=O) groups excluding carboxylic acids is 3. The van der Waals surface area contributed by atoms with E-state index in [1.165, 1.54) is 13.3 Å². The normalized spacial score (nSPS) is 21.1. The van der Waals surface area contributed by atoms with Gasteiger partial charge in [0.2, 0.25) is 5.91 Å². The van der Waals surface area contributed by atoms with Gasteiger partial charge in [-0.1, -0.05) is 52.2 Å². The second-order valence-electron chi connectivity index (χ2n) is 10.2. The zero-order valence-corrected chi connectivity index (χ0v) is 19.4. The average molecular weight is 425 g/mol. The fourth-order valence-corrected chi connectivity index (χ4v) is 4.84. The van der Waals surface area contributed by atoms with Gasteiger partial charge in [-0.15, -0.1) is 0 Å². The summed E-state index contributed by atoms with van der Waals surface area (Å²) in [5, 5.41) is 0. The van der Waals surface area contributed by atoms with Gasteiger partial charge in [-0.2, -0.15) is 0 Å². The molecule has 2 amide bonds. The van der Waals surface area contributed by atoms with Gasteiger partial charge in [0.05, 0.1) is 5.71 Å². The van der Waals surface area contributed by atoms with Crippen molar-refractivity contribution in [1.82, 2.24) is 4.90 Å². The van der Waals surface area contributed by atoms with E-state index in [-0.39, 0.29) is 29.4 Å². The maximum atomic E-state index is 12.9. The highest BCUT2D eigenvalue weighted by molar-refractivity contribution is 6.41. The highest BCUT2D eigenvalue weighted by atomic mass is 16.2. The SMILES string of the molecule is CC(=O)C(=NC(=O)c1cccc([C@@H]2CCCN(C(=O)C(C)(C)C)C2)c1)C1CCCCC1. The Hall–Kier alpha value is -2.30. The minimum atomic E-state index is -0.392. The Morgan fingerprint density at radius 2 is 1.71 bits per heavy atom. The molecule has 1 atom stereocenters. The van der Waals surface area contributed by atoms with E-state index in [0.717, 1.165) is 50.6 Å². The number of hydrogen-bond donors (Lipinski definition) is 0. The molecule has 31 heavy (non-hydrogen) atoms. The van der Waals surface area contributed by atoms with Crippen LogP contribution >= 0.6 is 0 Å². The number of likely N-dealkylation sites (tertiary alicyclic amines) is 1. The Labute approximate surface area is 186 Å². The molecule has 2 aliphatic rings. The molecule has 1 aliphatic carbocycles.